The van der Waals surface area contributed by atoms with E-state index in [1.165, 1.54) is 19.2 Å². The Morgan fingerprint density at radius 2 is 2.05 bits per heavy atom. The Kier molecular flexibility index (Phi) is 8.63. The number of anilines is 2. The maximum Gasteiger partial charge on any atom is 0.256 e. The number of rotatable bonds is 10. The molecule has 0 atom stereocenters. The highest BCUT2D eigenvalue weighted by molar-refractivity contribution is 6.35. The van der Waals surface area contributed by atoms with Gasteiger partial charge in [-0.1, -0.05) is 13.8 Å². The van der Waals surface area contributed by atoms with Crippen molar-refractivity contribution in [2.75, 3.05) is 57.1 Å². The van der Waals surface area contributed by atoms with Crippen molar-refractivity contribution in [3.05, 3.63) is 46.0 Å². The Morgan fingerprint density at radius 1 is 1.26 bits per heavy atom. The number of hydrogen-bond donors (Lipinski definition) is 3. The van der Waals surface area contributed by atoms with Crippen LogP contribution in [0.4, 0.5) is 15.8 Å². The molecule has 9 nitrogen and oxygen atoms in total. The normalized spacial score (nSPS) is 16.1. The molecule has 3 N–H and O–H groups in total. The van der Waals surface area contributed by atoms with Crippen molar-refractivity contribution < 1.29 is 23.5 Å². The second-order valence-electron chi connectivity index (χ2n) is 9.72. The summed E-state index contributed by atoms with van der Waals surface area (Å²) in [6.07, 6.45) is 4.33. The highest BCUT2D eigenvalue weighted by atomic mass is 19.1. The summed E-state index contributed by atoms with van der Waals surface area (Å²) in [5, 5.41) is 5.18. The Morgan fingerprint density at radius 3 is 2.76 bits per heavy atom. The van der Waals surface area contributed by atoms with E-state index in [0.717, 1.165) is 50.2 Å². The molecular formula is C28H36FN5O4. The van der Waals surface area contributed by atoms with Gasteiger partial charge in [-0.2, -0.15) is 0 Å². The molecule has 4 rings (SSSR count). The van der Waals surface area contributed by atoms with Crippen LogP contribution >= 0.6 is 0 Å². The quantitative estimate of drug-likeness (QED) is 0.411. The third-order valence-electron chi connectivity index (χ3n) is 7.12. The van der Waals surface area contributed by atoms with E-state index in [1.54, 1.807) is 6.08 Å². The fraction of sp³-hybridized carbons (Fsp3) is 0.464. The Bertz CT molecular complexity index is 1270. The molecule has 1 aromatic carbocycles. The molecule has 38 heavy (non-hydrogen) atoms. The van der Waals surface area contributed by atoms with Gasteiger partial charge in [-0.3, -0.25) is 14.4 Å². The van der Waals surface area contributed by atoms with Crippen molar-refractivity contribution in [3.8, 4) is 0 Å². The number of likely N-dealkylation sites (N-methyl/N-ethyl adjacent to an activating group) is 1. The first kappa shape index (κ1) is 27.5. The van der Waals surface area contributed by atoms with Crippen LogP contribution in [0.25, 0.3) is 11.6 Å². The minimum absolute atomic E-state index is 0.00205. The molecule has 1 aromatic heterocycles. The Hall–Kier alpha value is -3.50. The number of aromatic amines is 1. The maximum atomic E-state index is 14.8. The van der Waals surface area contributed by atoms with Crippen molar-refractivity contribution in [3.63, 3.8) is 0 Å². The topological polar surface area (TPSA) is 107 Å². The van der Waals surface area contributed by atoms with E-state index in [-0.39, 0.29) is 29.7 Å². The minimum Gasteiger partial charge on any atom is -0.375 e. The Labute approximate surface area is 222 Å². The second-order valence-corrected chi connectivity index (χ2v) is 9.72. The van der Waals surface area contributed by atoms with E-state index in [1.807, 2.05) is 11.8 Å². The molecule has 2 aliphatic heterocycles. The molecule has 3 heterocycles. The number of benzene rings is 1. The van der Waals surface area contributed by atoms with Gasteiger partial charge in [0.25, 0.3) is 11.8 Å². The number of hydrogen-bond acceptors (Lipinski definition) is 5. The van der Waals surface area contributed by atoms with Crippen LogP contribution in [0.5, 0.6) is 0 Å². The van der Waals surface area contributed by atoms with Crippen LogP contribution in [0, 0.1) is 12.7 Å². The van der Waals surface area contributed by atoms with Gasteiger partial charge in [0.05, 0.1) is 22.5 Å². The van der Waals surface area contributed by atoms with Gasteiger partial charge >= 0.3 is 0 Å². The van der Waals surface area contributed by atoms with E-state index in [2.05, 4.69) is 34.4 Å². The molecule has 0 unspecified atom stereocenters. The smallest absolute Gasteiger partial charge is 0.256 e. The van der Waals surface area contributed by atoms with Crippen LogP contribution in [0.3, 0.4) is 0 Å². The first-order valence-electron chi connectivity index (χ1n) is 13.2. The highest BCUT2D eigenvalue weighted by Gasteiger charge is 2.30. The molecule has 0 spiro atoms. The van der Waals surface area contributed by atoms with E-state index < -0.39 is 11.7 Å². The molecule has 0 saturated heterocycles. The van der Waals surface area contributed by atoms with Crippen molar-refractivity contribution in [2.45, 2.75) is 40.0 Å². The van der Waals surface area contributed by atoms with E-state index in [9.17, 15) is 18.8 Å². The minimum atomic E-state index is -0.662. The van der Waals surface area contributed by atoms with Crippen LogP contribution in [-0.2, 0) is 20.7 Å². The molecule has 0 radical (unpaired) electrons. The van der Waals surface area contributed by atoms with Gasteiger partial charge in [-0.05, 0) is 63.0 Å². The van der Waals surface area contributed by atoms with Crippen molar-refractivity contribution in [1.29, 1.82) is 0 Å². The number of amides is 3. The lowest BCUT2D eigenvalue weighted by Crippen LogP contribution is -2.39. The predicted octanol–water partition coefficient (Wildman–Crippen LogP) is 3.66. The summed E-state index contributed by atoms with van der Waals surface area (Å²) < 4.78 is 19.6. The van der Waals surface area contributed by atoms with Gasteiger partial charge in [0.15, 0.2) is 0 Å². The molecule has 3 amide bonds. The van der Waals surface area contributed by atoms with Gasteiger partial charge in [-0.25, -0.2) is 4.39 Å². The second kappa shape index (κ2) is 11.9. The number of fused-ring (bicyclic) bond motifs is 2. The van der Waals surface area contributed by atoms with Gasteiger partial charge in [0, 0.05) is 43.7 Å². The van der Waals surface area contributed by atoms with Crippen LogP contribution in [0.2, 0.25) is 0 Å². The van der Waals surface area contributed by atoms with E-state index in [0.29, 0.717) is 35.6 Å². The van der Waals surface area contributed by atoms with E-state index in [4.69, 9.17) is 4.74 Å². The summed E-state index contributed by atoms with van der Waals surface area (Å²) in [5.74, 6) is -1.54. The summed E-state index contributed by atoms with van der Waals surface area (Å²) in [5.41, 5.74) is 3.99. The number of carbonyl (C=O) groups excluding carboxylic acids is 3. The predicted molar refractivity (Wildman–Crippen MR) is 146 cm³/mol. The maximum absolute atomic E-state index is 14.8. The first-order chi connectivity index (χ1) is 18.3. The lowest BCUT2D eigenvalue weighted by Gasteiger charge is -2.26. The molecule has 2 aromatic rings. The average Bonchev–Trinajstić information content (AvgIpc) is 3.29. The average molecular weight is 526 g/mol. The zero-order chi connectivity index (χ0) is 27.4. The zero-order valence-electron chi connectivity index (χ0n) is 22.5. The summed E-state index contributed by atoms with van der Waals surface area (Å²) in [6, 6.07) is 2.63. The summed E-state index contributed by atoms with van der Waals surface area (Å²) in [7, 11) is 1.37. The number of halogens is 1. The third-order valence-corrected chi connectivity index (χ3v) is 7.12. The number of carbonyl (C=O) groups is 3. The first-order valence-corrected chi connectivity index (χ1v) is 13.2. The van der Waals surface area contributed by atoms with Gasteiger partial charge in [-0.15, -0.1) is 0 Å². The molecule has 0 bridgehead atoms. The van der Waals surface area contributed by atoms with Crippen LogP contribution in [0.1, 0.15) is 59.6 Å². The van der Waals surface area contributed by atoms with E-state index >= 15 is 0 Å². The van der Waals surface area contributed by atoms with Gasteiger partial charge < -0.3 is 30.2 Å². The number of methoxy groups -OCH3 is 1. The highest BCUT2D eigenvalue weighted by Crippen LogP contribution is 2.37. The van der Waals surface area contributed by atoms with Crippen LogP contribution in [0.15, 0.2) is 12.1 Å². The fourth-order valence-corrected chi connectivity index (χ4v) is 5.14. The summed E-state index contributed by atoms with van der Waals surface area (Å²) in [4.78, 5) is 45.8. The number of nitrogens with zero attached hydrogens (tertiary/aromatic N) is 2. The summed E-state index contributed by atoms with van der Waals surface area (Å²) >= 11 is 0. The molecule has 10 heteroatoms. The lowest BCUT2D eigenvalue weighted by molar-refractivity contribution is -0.119. The molecule has 0 saturated carbocycles. The van der Waals surface area contributed by atoms with Gasteiger partial charge in [0.2, 0.25) is 5.91 Å². The standard InChI is InChI=1S/C28H36FN5O4/c1-5-9-33(6-2)11-12-34-10-7-8-21-26(28(34)37)17(3)22(30-21)14-19-18-13-20(29)24(31-25(35)16-38-4)15-23(18)32-27(19)36/h13-15,30H,5-12,16H2,1-4H3,(H,31,35)(H,32,36)/b19-14-. The monoisotopic (exact) mass is 525 g/mol. The number of aromatic nitrogens is 1. The number of H-pyrrole nitrogens is 1. The fourth-order valence-electron chi connectivity index (χ4n) is 5.14. The SMILES string of the molecule is CCCN(CC)CCN1CCCc2[nH]c(/C=C3\C(=O)Nc4cc(NC(=O)COC)c(F)cc43)c(C)c2C1=O. The zero-order valence-corrected chi connectivity index (χ0v) is 22.5. The van der Waals surface area contributed by atoms with Gasteiger partial charge in [0.1, 0.15) is 12.4 Å². The van der Waals surface area contributed by atoms with Crippen molar-refractivity contribution in [2.24, 2.45) is 0 Å². The summed E-state index contributed by atoms with van der Waals surface area (Å²) in [6.45, 7) is 10.1. The number of aryl methyl sites for hydroxylation is 1. The molecule has 0 aliphatic carbocycles. The molecule has 204 valence electrons. The Balaban J connectivity index is 1.60. The van der Waals surface area contributed by atoms with Crippen LogP contribution in [-0.4, -0.2) is 78.9 Å². The third kappa shape index (κ3) is 5.66. The molecule has 0 fully saturated rings. The van der Waals surface area contributed by atoms with Crippen LogP contribution < -0.4 is 10.6 Å². The largest absolute Gasteiger partial charge is 0.375 e. The molecule has 2 aliphatic rings. The molecular weight excluding hydrogens is 489 g/mol. The lowest BCUT2D eigenvalue weighted by atomic mass is 10.0. The number of ether oxygens (including phenoxy) is 1. The van der Waals surface area contributed by atoms with Crippen molar-refractivity contribution in [1.82, 2.24) is 14.8 Å². The van der Waals surface area contributed by atoms with Crippen molar-refractivity contribution >= 4 is 40.7 Å². The number of nitrogens with one attached hydrogen (secondary N) is 3.